The average molecular weight is 263 g/mol. The predicted molar refractivity (Wildman–Crippen MR) is 75.8 cm³/mol. The summed E-state index contributed by atoms with van der Waals surface area (Å²) >= 11 is 0. The summed E-state index contributed by atoms with van der Waals surface area (Å²) in [6.07, 6.45) is 5.12. The summed E-state index contributed by atoms with van der Waals surface area (Å²) in [6.45, 7) is 7.18. The Hall–Kier alpha value is -2.10. The van der Waals surface area contributed by atoms with Gasteiger partial charge >= 0.3 is 5.97 Å². The molecule has 1 rings (SSSR count). The quantitative estimate of drug-likeness (QED) is 0.606. The molecule has 0 aliphatic rings. The van der Waals surface area contributed by atoms with E-state index < -0.39 is 5.97 Å². The van der Waals surface area contributed by atoms with E-state index in [0.717, 1.165) is 24.7 Å². The van der Waals surface area contributed by atoms with Crippen LogP contribution in [-0.2, 0) is 4.79 Å². The van der Waals surface area contributed by atoms with E-state index in [4.69, 9.17) is 5.11 Å². The van der Waals surface area contributed by atoms with Crippen molar-refractivity contribution >= 4 is 17.7 Å². The topological polar surface area (TPSA) is 40.5 Å². The Kier molecular flexibility index (Phi) is 5.79. The number of carbonyl (C=O) groups is 1. The van der Waals surface area contributed by atoms with E-state index in [0.29, 0.717) is 12.1 Å². The molecule has 0 aliphatic heterocycles. The standard InChI is InChI=1S/C15H18FNO2/c1-3-9-17(10-4-2)14-7-6-13(16)11-12(14)5-8-15(18)19/h3,5-8,11H,1,4,9-10H2,2H3,(H,18,19)/b8-5+. The molecular weight excluding hydrogens is 245 g/mol. The second-order valence-corrected chi connectivity index (χ2v) is 4.11. The summed E-state index contributed by atoms with van der Waals surface area (Å²) in [5, 5.41) is 8.67. The largest absolute Gasteiger partial charge is 0.478 e. The van der Waals surface area contributed by atoms with Gasteiger partial charge in [0.2, 0.25) is 0 Å². The first-order valence-electron chi connectivity index (χ1n) is 6.15. The van der Waals surface area contributed by atoms with Crippen molar-refractivity contribution in [3.05, 3.63) is 48.3 Å². The van der Waals surface area contributed by atoms with Crippen molar-refractivity contribution in [1.29, 1.82) is 0 Å². The Morgan fingerprint density at radius 3 is 2.84 bits per heavy atom. The van der Waals surface area contributed by atoms with Crippen molar-refractivity contribution in [3.63, 3.8) is 0 Å². The van der Waals surface area contributed by atoms with Gasteiger partial charge < -0.3 is 10.0 Å². The Morgan fingerprint density at radius 1 is 1.53 bits per heavy atom. The first-order valence-corrected chi connectivity index (χ1v) is 6.15. The zero-order valence-corrected chi connectivity index (χ0v) is 11.0. The van der Waals surface area contributed by atoms with E-state index in [1.54, 1.807) is 12.1 Å². The van der Waals surface area contributed by atoms with Gasteiger partial charge in [-0.15, -0.1) is 6.58 Å². The van der Waals surface area contributed by atoms with Gasteiger partial charge in [0.25, 0.3) is 0 Å². The minimum absolute atomic E-state index is 0.385. The van der Waals surface area contributed by atoms with Crippen molar-refractivity contribution in [2.24, 2.45) is 0 Å². The molecule has 0 spiro atoms. The molecule has 0 aromatic heterocycles. The van der Waals surface area contributed by atoms with Crippen LogP contribution in [0, 0.1) is 5.82 Å². The molecule has 0 amide bonds. The minimum Gasteiger partial charge on any atom is -0.478 e. The fourth-order valence-electron chi connectivity index (χ4n) is 1.84. The van der Waals surface area contributed by atoms with Crippen LogP contribution < -0.4 is 4.90 Å². The molecule has 4 heteroatoms. The van der Waals surface area contributed by atoms with Gasteiger partial charge in [0.05, 0.1) is 0 Å². The molecule has 0 fully saturated rings. The molecule has 19 heavy (non-hydrogen) atoms. The van der Waals surface area contributed by atoms with Gasteiger partial charge in [0.15, 0.2) is 0 Å². The van der Waals surface area contributed by atoms with Gasteiger partial charge in [-0.1, -0.05) is 13.0 Å². The number of benzene rings is 1. The van der Waals surface area contributed by atoms with Crippen LogP contribution in [0.2, 0.25) is 0 Å². The maximum absolute atomic E-state index is 13.3. The van der Waals surface area contributed by atoms with Gasteiger partial charge in [-0.3, -0.25) is 0 Å². The van der Waals surface area contributed by atoms with E-state index in [9.17, 15) is 9.18 Å². The fraction of sp³-hybridized carbons (Fsp3) is 0.267. The SMILES string of the molecule is C=CCN(CCC)c1ccc(F)cc1/C=C/C(=O)O. The number of nitrogens with zero attached hydrogens (tertiary/aromatic N) is 1. The fourth-order valence-corrected chi connectivity index (χ4v) is 1.84. The van der Waals surface area contributed by atoms with Crippen LogP contribution in [0.4, 0.5) is 10.1 Å². The molecule has 0 radical (unpaired) electrons. The van der Waals surface area contributed by atoms with Crippen LogP contribution in [0.15, 0.2) is 36.9 Å². The molecule has 0 saturated carbocycles. The highest BCUT2D eigenvalue weighted by molar-refractivity contribution is 5.87. The summed E-state index contributed by atoms with van der Waals surface area (Å²) in [5.74, 6) is -1.44. The average Bonchev–Trinajstić information content (AvgIpc) is 2.36. The highest BCUT2D eigenvalue weighted by Crippen LogP contribution is 2.23. The number of hydrogen-bond donors (Lipinski definition) is 1. The van der Waals surface area contributed by atoms with Gasteiger partial charge in [0, 0.05) is 30.4 Å². The Labute approximate surface area is 112 Å². The van der Waals surface area contributed by atoms with E-state index in [2.05, 4.69) is 6.58 Å². The van der Waals surface area contributed by atoms with Crippen LogP contribution in [0.1, 0.15) is 18.9 Å². The lowest BCUT2D eigenvalue weighted by Gasteiger charge is -2.24. The molecule has 0 bridgehead atoms. The van der Waals surface area contributed by atoms with Crippen molar-refractivity contribution in [3.8, 4) is 0 Å². The maximum atomic E-state index is 13.3. The molecule has 1 aromatic rings. The maximum Gasteiger partial charge on any atom is 0.328 e. The molecule has 0 saturated heterocycles. The molecule has 0 unspecified atom stereocenters. The molecule has 3 nitrogen and oxygen atoms in total. The van der Waals surface area contributed by atoms with E-state index in [1.807, 2.05) is 11.8 Å². The molecule has 0 heterocycles. The van der Waals surface area contributed by atoms with Crippen molar-refractivity contribution in [2.45, 2.75) is 13.3 Å². The third kappa shape index (κ3) is 4.58. The second kappa shape index (κ2) is 7.36. The van der Waals surface area contributed by atoms with Crippen LogP contribution in [0.25, 0.3) is 6.08 Å². The third-order valence-corrected chi connectivity index (χ3v) is 2.58. The Balaban J connectivity index is 3.15. The summed E-state index contributed by atoms with van der Waals surface area (Å²) in [4.78, 5) is 12.6. The van der Waals surface area contributed by atoms with Crippen LogP contribution in [0.3, 0.4) is 0 Å². The molecule has 0 aliphatic carbocycles. The highest BCUT2D eigenvalue weighted by Gasteiger charge is 2.09. The first-order chi connectivity index (χ1) is 9.08. The minimum atomic E-state index is -1.05. The summed E-state index contributed by atoms with van der Waals surface area (Å²) in [6, 6.07) is 4.37. The Morgan fingerprint density at radius 2 is 2.26 bits per heavy atom. The number of halogens is 1. The Bertz CT molecular complexity index is 483. The molecule has 1 N–H and O–H groups in total. The first kappa shape index (κ1) is 15.0. The lowest BCUT2D eigenvalue weighted by molar-refractivity contribution is -0.131. The predicted octanol–water partition coefficient (Wildman–Crippen LogP) is 3.33. The highest BCUT2D eigenvalue weighted by atomic mass is 19.1. The number of aliphatic carboxylic acids is 1. The normalized spacial score (nSPS) is 10.6. The van der Waals surface area contributed by atoms with Gasteiger partial charge in [0.1, 0.15) is 5.82 Å². The van der Waals surface area contributed by atoms with Gasteiger partial charge in [-0.05, 0) is 30.7 Å². The third-order valence-electron chi connectivity index (χ3n) is 2.58. The number of hydrogen-bond acceptors (Lipinski definition) is 2. The molecule has 102 valence electrons. The number of carboxylic acids is 1. The van der Waals surface area contributed by atoms with E-state index >= 15 is 0 Å². The monoisotopic (exact) mass is 263 g/mol. The van der Waals surface area contributed by atoms with Crippen LogP contribution >= 0.6 is 0 Å². The molecule has 1 aromatic carbocycles. The van der Waals surface area contributed by atoms with Crippen LogP contribution in [-0.4, -0.2) is 24.2 Å². The van der Waals surface area contributed by atoms with Crippen molar-refractivity contribution in [1.82, 2.24) is 0 Å². The number of rotatable bonds is 7. The second-order valence-electron chi connectivity index (χ2n) is 4.11. The van der Waals surface area contributed by atoms with Crippen molar-refractivity contribution < 1.29 is 14.3 Å². The van der Waals surface area contributed by atoms with Gasteiger partial charge in [-0.2, -0.15) is 0 Å². The molecular formula is C15H18FNO2. The van der Waals surface area contributed by atoms with Gasteiger partial charge in [-0.25, -0.2) is 9.18 Å². The zero-order chi connectivity index (χ0) is 14.3. The molecule has 0 atom stereocenters. The van der Waals surface area contributed by atoms with E-state index in [-0.39, 0.29) is 5.82 Å². The lowest BCUT2D eigenvalue weighted by Crippen LogP contribution is -2.24. The number of anilines is 1. The number of carboxylic acid groups (broad SMARTS) is 1. The lowest BCUT2D eigenvalue weighted by atomic mass is 10.1. The zero-order valence-electron chi connectivity index (χ0n) is 11.0. The summed E-state index contributed by atoms with van der Waals surface area (Å²) in [5.41, 5.74) is 1.36. The van der Waals surface area contributed by atoms with Crippen molar-refractivity contribution in [2.75, 3.05) is 18.0 Å². The van der Waals surface area contributed by atoms with E-state index in [1.165, 1.54) is 18.2 Å². The van der Waals surface area contributed by atoms with Crippen LogP contribution in [0.5, 0.6) is 0 Å². The summed E-state index contributed by atoms with van der Waals surface area (Å²) in [7, 11) is 0. The smallest absolute Gasteiger partial charge is 0.328 e. The summed E-state index contributed by atoms with van der Waals surface area (Å²) < 4.78 is 13.3.